The molecule has 0 saturated carbocycles. The summed E-state index contributed by atoms with van der Waals surface area (Å²) in [6.07, 6.45) is 7.46. The van der Waals surface area contributed by atoms with Crippen molar-refractivity contribution >= 4 is 82.3 Å². The number of nitroso groups, excluding NO2 is 1. The minimum atomic E-state index is -4.59. The molecular formula is C47H52ClFN10O6S2. The van der Waals surface area contributed by atoms with Crippen molar-refractivity contribution in [1.29, 1.82) is 0 Å². The first kappa shape index (κ1) is 46.4. The van der Waals surface area contributed by atoms with Gasteiger partial charge in [-0.25, -0.2) is 39.9 Å². The van der Waals surface area contributed by atoms with Gasteiger partial charge in [-0.05, 0) is 114 Å². The zero-order valence-corrected chi connectivity index (χ0v) is 39.8. The van der Waals surface area contributed by atoms with Gasteiger partial charge in [-0.1, -0.05) is 43.2 Å². The molecule has 1 amide bonds. The summed E-state index contributed by atoms with van der Waals surface area (Å²) in [4.78, 5) is 38.3. The Balaban J connectivity index is 0.948. The number of anilines is 2. The van der Waals surface area contributed by atoms with Gasteiger partial charge in [0.1, 0.15) is 22.5 Å². The lowest BCUT2D eigenvalue weighted by Gasteiger charge is -2.39. The second kappa shape index (κ2) is 18.1. The van der Waals surface area contributed by atoms with Crippen LogP contribution in [0.5, 0.6) is 0 Å². The largest absolute Gasteiger partial charge is 0.380 e. The number of piperidine rings is 1. The molecule has 0 bridgehead atoms. The number of H-pyrrole nitrogens is 1. The minimum absolute atomic E-state index is 0.00365. The quantitative estimate of drug-likeness (QED) is 0.0949. The molecule has 6 aromatic rings. The number of hydrogen-bond acceptors (Lipinski definition) is 12. The van der Waals surface area contributed by atoms with Gasteiger partial charge >= 0.3 is 0 Å². The number of amides is 1. The van der Waals surface area contributed by atoms with Gasteiger partial charge < -0.3 is 15.2 Å². The third kappa shape index (κ3) is 9.97. The second-order valence-corrected chi connectivity index (χ2v) is 22.7. The zero-order valence-electron chi connectivity index (χ0n) is 37.4. The number of aromatic nitrogens is 4. The number of nitrogens with one attached hydrogen (secondary N) is 3. The van der Waals surface area contributed by atoms with Gasteiger partial charge in [0.2, 0.25) is 10.0 Å². The van der Waals surface area contributed by atoms with Crippen molar-refractivity contribution in [2.75, 3.05) is 68.8 Å². The fraction of sp³-hybridized carbons (Fsp3) is 0.383. The van der Waals surface area contributed by atoms with E-state index in [1.165, 1.54) is 33.1 Å². The number of rotatable bonds is 13. The molecule has 3 N–H and O–H groups in total. The van der Waals surface area contributed by atoms with E-state index in [-0.39, 0.29) is 54.8 Å². The standard InChI is InChI=1S/C47H52ClFN10O6S2/c1-46(2)14-12-33(38(27-46)31-4-6-34(48)7-5-31)29-56-20-22-57(23-21-56)35-8-10-37(42(25-35)59-43-24-32-13-17-50-44(32)53-41(43)28-52-59)45(60)55-67(64,65)36-9-11-39(40(26-36)54-61)51-30-47(49)15-18-58(19-16-47)66(3,62)63/h4-11,13,17,24-26,28,51H,12,14-16,18-23,27,29-30H2,1-3H3,(H,50,53)(H,55,60). The smallest absolute Gasteiger partial charge is 0.267 e. The lowest BCUT2D eigenvalue weighted by molar-refractivity contribution is 0.0980. The number of hydrogen-bond donors (Lipinski definition) is 3. The number of pyridine rings is 1. The number of carbonyl (C=O) groups excluding carboxylic acids is 1. The molecule has 352 valence electrons. The monoisotopic (exact) mass is 970 g/mol. The number of carbonyl (C=O) groups is 1. The fourth-order valence-corrected chi connectivity index (χ4v) is 11.3. The molecule has 3 aromatic carbocycles. The molecule has 20 heteroatoms. The normalized spacial score (nSPS) is 18.4. The van der Waals surface area contributed by atoms with Gasteiger partial charge in [-0.15, -0.1) is 4.91 Å². The van der Waals surface area contributed by atoms with Crippen molar-refractivity contribution in [1.82, 2.24) is 33.7 Å². The highest BCUT2D eigenvalue weighted by atomic mass is 35.5. The van der Waals surface area contributed by atoms with E-state index in [0.29, 0.717) is 35.5 Å². The van der Waals surface area contributed by atoms with Crippen LogP contribution in [-0.2, 0) is 20.0 Å². The van der Waals surface area contributed by atoms with Crippen LogP contribution >= 0.6 is 11.6 Å². The van der Waals surface area contributed by atoms with Crippen LogP contribution < -0.4 is 14.9 Å². The van der Waals surface area contributed by atoms with E-state index in [1.807, 2.05) is 30.3 Å². The highest BCUT2D eigenvalue weighted by Crippen LogP contribution is 2.43. The summed E-state index contributed by atoms with van der Waals surface area (Å²) in [7, 11) is -8.05. The first-order valence-corrected chi connectivity index (χ1v) is 25.9. The summed E-state index contributed by atoms with van der Waals surface area (Å²) >= 11 is 6.26. The molecule has 2 saturated heterocycles. The van der Waals surface area contributed by atoms with Crippen LogP contribution in [0.3, 0.4) is 0 Å². The van der Waals surface area contributed by atoms with Crippen LogP contribution in [0.15, 0.2) is 101 Å². The molecular weight excluding hydrogens is 919 g/mol. The van der Waals surface area contributed by atoms with E-state index < -0.39 is 36.5 Å². The number of benzene rings is 3. The Hall–Kier alpha value is -5.73. The van der Waals surface area contributed by atoms with E-state index in [1.54, 1.807) is 29.2 Å². The number of nitrogens with zero attached hydrogens (tertiary/aromatic N) is 7. The van der Waals surface area contributed by atoms with Gasteiger partial charge in [0, 0.05) is 74.7 Å². The molecule has 67 heavy (non-hydrogen) atoms. The molecule has 3 aliphatic rings. The van der Waals surface area contributed by atoms with Crippen molar-refractivity contribution in [3.8, 4) is 5.69 Å². The Morgan fingerprint density at radius 1 is 0.925 bits per heavy atom. The average molecular weight is 972 g/mol. The van der Waals surface area contributed by atoms with Crippen LogP contribution in [0.1, 0.15) is 61.9 Å². The third-order valence-corrected chi connectivity index (χ3v) is 16.2. The minimum Gasteiger partial charge on any atom is -0.380 e. The SMILES string of the molecule is CC1(C)CCC(CN2CCN(c3ccc(C(=O)NS(=O)(=O)c4ccc(NCC5(F)CCN(S(C)(=O)=O)CC5)c(N=O)c4)c(-n4ncc5nc6[nH]ccc6cc54)c3)CC2)=C(c2ccc(Cl)cc2)C1. The highest BCUT2D eigenvalue weighted by molar-refractivity contribution is 7.90. The van der Waals surface area contributed by atoms with Gasteiger partial charge in [0.25, 0.3) is 15.9 Å². The maximum atomic E-state index is 15.7. The molecule has 5 heterocycles. The summed E-state index contributed by atoms with van der Waals surface area (Å²) in [5, 5.41) is 12.0. The third-order valence-electron chi connectivity index (χ3n) is 13.3. The average Bonchev–Trinajstić information content (AvgIpc) is 3.94. The molecule has 1 aliphatic carbocycles. The summed E-state index contributed by atoms with van der Waals surface area (Å²) < 4.78 is 72.2. The summed E-state index contributed by atoms with van der Waals surface area (Å²) in [6.45, 7) is 8.31. The highest BCUT2D eigenvalue weighted by Gasteiger charge is 2.37. The van der Waals surface area contributed by atoms with Crippen molar-refractivity contribution in [2.24, 2.45) is 10.6 Å². The number of piperazine rings is 1. The Morgan fingerprint density at radius 2 is 1.67 bits per heavy atom. The van der Waals surface area contributed by atoms with Crippen molar-refractivity contribution in [3.63, 3.8) is 0 Å². The van der Waals surface area contributed by atoms with Crippen molar-refractivity contribution < 1.29 is 26.0 Å². The van der Waals surface area contributed by atoms with Crippen molar-refractivity contribution in [2.45, 2.75) is 56.5 Å². The predicted molar refractivity (Wildman–Crippen MR) is 260 cm³/mol. The number of fused-ring (bicyclic) bond motifs is 2. The fourth-order valence-electron chi connectivity index (χ4n) is 9.39. The van der Waals surface area contributed by atoms with Gasteiger partial charge in [-0.2, -0.15) is 5.10 Å². The Kier molecular flexibility index (Phi) is 12.5. The van der Waals surface area contributed by atoms with E-state index >= 15 is 4.39 Å². The van der Waals surface area contributed by atoms with E-state index in [2.05, 4.69) is 61.1 Å². The molecule has 0 spiro atoms. The molecule has 0 radical (unpaired) electrons. The van der Waals surface area contributed by atoms with Crippen LogP contribution in [0.2, 0.25) is 5.02 Å². The van der Waals surface area contributed by atoms with Crippen LogP contribution in [-0.4, -0.2) is 116 Å². The number of halogens is 2. The molecule has 0 unspecified atom stereocenters. The Labute approximate surface area is 393 Å². The number of sulfonamides is 2. The van der Waals surface area contributed by atoms with Gasteiger partial charge in [0.15, 0.2) is 0 Å². The lowest BCUT2D eigenvalue weighted by Crippen LogP contribution is -2.47. The first-order valence-electron chi connectivity index (χ1n) is 22.2. The van der Waals surface area contributed by atoms with Gasteiger partial charge in [-0.3, -0.25) is 9.69 Å². The zero-order chi connectivity index (χ0) is 47.3. The van der Waals surface area contributed by atoms with E-state index in [0.717, 1.165) is 67.3 Å². The Bertz CT molecular complexity index is 3140. The summed E-state index contributed by atoms with van der Waals surface area (Å²) in [5.74, 6) is -0.936. The Morgan fingerprint density at radius 3 is 2.39 bits per heavy atom. The first-order chi connectivity index (χ1) is 31.9. The van der Waals surface area contributed by atoms with Gasteiger partial charge in [0.05, 0.1) is 39.8 Å². The molecule has 3 aromatic heterocycles. The van der Waals surface area contributed by atoms with Crippen LogP contribution in [0.25, 0.3) is 33.3 Å². The number of aromatic amines is 1. The molecule has 2 fully saturated rings. The molecule has 16 nitrogen and oxygen atoms in total. The maximum Gasteiger partial charge on any atom is 0.267 e. The topological polar surface area (TPSA) is 195 Å². The van der Waals surface area contributed by atoms with Crippen molar-refractivity contribution in [3.05, 3.63) is 112 Å². The number of alkyl halides is 1. The second-order valence-electron chi connectivity index (χ2n) is 18.6. The molecule has 2 aliphatic heterocycles. The lowest BCUT2D eigenvalue weighted by atomic mass is 9.72. The number of allylic oxidation sites excluding steroid dienone is 1. The van der Waals surface area contributed by atoms with Crippen LogP contribution in [0, 0.1) is 10.3 Å². The predicted octanol–water partition coefficient (Wildman–Crippen LogP) is 8.03. The van der Waals surface area contributed by atoms with Crippen LogP contribution in [0.4, 0.5) is 21.5 Å². The van der Waals surface area contributed by atoms with E-state index in [4.69, 9.17) is 16.6 Å². The molecule has 9 rings (SSSR count). The summed E-state index contributed by atoms with van der Waals surface area (Å²) in [6, 6.07) is 20.6. The van der Waals surface area contributed by atoms with E-state index in [9.17, 15) is 26.5 Å². The maximum absolute atomic E-state index is 15.7. The summed E-state index contributed by atoms with van der Waals surface area (Å²) in [5.41, 5.74) is 5.29. The molecule has 0 atom stereocenters.